The van der Waals surface area contributed by atoms with Crippen molar-refractivity contribution in [3.8, 4) is 0 Å². The van der Waals surface area contributed by atoms with Gasteiger partial charge in [0.05, 0.1) is 11.1 Å². The summed E-state index contributed by atoms with van der Waals surface area (Å²) in [4.78, 5) is 22.9. The van der Waals surface area contributed by atoms with E-state index < -0.39 is 41.0 Å². The molecule has 0 bridgehead atoms. The fourth-order valence-corrected chi connectivity index (χ4v) is 1.70. The zero-order chi connectivity index (χ0) is 18.5. The van der Waals surface area contributed by atoms with Crippen LogP contribution in [0.5, 0.6) is 0 Å². The van der Waals surface area contributed by atoms with Crippen LogP contribution in [-0.2, 0) is 21.9 Å². The Labute approximate surface area is 137 Å². The minimum atomic E-state index is -5.05. The van der Waals surface area contributed by atoms with Crippen LogP contribution in [0, 0.1) is 0 Å². The van der Waals surface area contributed by atoms with Gasteiger partial charge in [-0.05, 0) is 24.6 Å². The quantitative estimate of drug-likeness (QED) is 0.366. The molecule has 0 spiro atoms. The molecule has 1 aromatic rings. The first-order valence-electron chi connectivity index (χ1n) is 6.40. The molecule has 0 saturated carbocycles. The normalized spacial score (nSPS) is 12.0. The Bertz CT molecular complexity index is 583. The minimum Gasteiger partial charge on any atom is -0.348 e. The van der Waals surface area contributed by atoms with Crippen LogP contribution in [0.3, 0.4) is 0 Å². The van der Waals surface area contributed by atoms with Gasteiger partial charge in [-0.2, -0.15) is 26.3 Å². The highest BCUT2D eigenvalue weighted by molar-refractivity contribution is 6.39. The van der Waals surface area contributed by atoms with Gasteiger partial charge in [-0.25, -0.2) is 0 Å². The summed E-state index contributed by atoms with van der Waals surface area (Å²) in [6.45, 7) is 0.0339. The highest BCUT2D eigenvalue weighted by atomic mass is 35.5. The number of nitrogens with one attached hydrogen (secondary N) is 2. The van der Waals surface area contributed by atoms with Crippen LogP contribution in [0.4, 0.5) is 32.0 Å². The number of carbonyl (C=O) groups excluding carboxylic acids is 2. The van der Waals surface area contributed by atoms with E-state index >= 15 is 0 Å². The van der Waals surface area contributed by atoms with Crippen molar-refractivity contribution >= 4 is 29.1 Å². The first-order chi connectivity index (χ1) is 10.9. The van der Waals surface area contributed by atoms with Crippen molar-refractivity contribution in [1.29, 1.82) is 0 Å². The number of benzene rings is 1. The summed E-state index contributed by atoms with van der Waals surface area (Å²) in [6.07, 6.45) is -9.77. The molecule has 0 fully saturated rings. The highest BCUT2D eigenvalue weighted by Crippen LogP contribution is 2.37. The average molecular weight is 377 g/mol. The van der Waals surface area contributed by atoms with E-state index in [1.54, 1.807) is 5.32 Å². The summed E-state index contributed by atoms with van der Waals surface area (Å²) in [6, 6.07) is 0.522. The SMILES string of the molecule is O=C(NCCCCl)C(=O)Nc1cc(C(F)(F)F)cc(C(F)(F)F)c1. The summed E-state index contributed by atoms with van der Waals surface area (Å²) in [5.41, 5.74) is -4.00. The molecule has 1 rings (SSSR count). The molecule has 0 aromatic heterocycles. The average Bonchev–Trinajstić information content (AvgIpc) is 2.45. The second kappa shape index (κ2) is 7.73. The fraction of sp³-hybridized carbons (Fsp3) is 0.385. The number of anilines is 1. The van der Waals surface area contributed by atoms with Crippen molar-refractivity contribution in [2.45, 2.75) is 18.8 Å². The van der Waals surface area contributed by atoms with Gasteiger partial charge in [0.15, 0.2) is 0 Å². The van der Waals surface area contributed by atoms with E-state index in [1.807, 2.05) is 0 Å². The summed E-state index contributed by atoms with van der Waals surface area (Å²) in [7, 11) is 0. The van der Waals surface area contributed by atoms with Crippen molar-refractivity contribution in [3.05, 3.63) is 29.3 Å². The Morgan fingerprint density at radius 1 is 0.917 bits per heavy atom. The standard InChI is InChI=1S/C13H11ClF6N2O2/c14-2-1-3-21-10(23)11(24)22-9-5-7(12(15,16)17)4-8(6-9)13(18,19)20/h4-6H,1-3H2,(H,21,23)(H,22,24). The number of amides is 2. The fourth-order valence-electron chi connectivity index (χ4n) is 1.56. The summed E-state index contributed by atoms with van der Waals surface area (Å²) >= 11 is 5.35. The zero-order valence-electron chi connectivity index (χ0n) is 11.8. The number of hydrogen-bond donors (Lipinski definition) is 2. The van der Waals surface area contributed by atoms with Crippen molar-refractivity contribution in [1.82, 2.24) is 5.32 Å². The van der Waals surface area contributed by atoms with Gasteiger partial charge in [-0.1, -0.05) is 0 Å². The molecular formula is C13H11ClF6N2O2. The van der Waals surface area contributed by atoms with Gasteiger partial charge in [-0.15, -0.1) is 11.6 Å². The molecule has 0 saturated heterocycles. The van der Waals surface area contributed by atoms with E-state index in [9.17, 15) is 35.9 Å². The number of halogens is 7. The maximum absolute atomic E-state index is 12.7. The van der Waals surface area contributed by atoms with Crippen molar-refractivity contribution in [2.24, 2.45) is 0 Å². The topological polar surface area (TPSA) is 58.2 Å². The Morgan fingerprint density at radius 3 is 1.83 bits per heavy atom. The van der Waals surface area contributed by atoms with Crippen LogP contribution >= 0.6 is 11.6 Å². The molecule has 0 aliphatic rings. The molecule has 0 unspecified atom stereocenters. The molecule has 0 radical (unpaired) electrons. The van der Waals surface area contributed by atoms with Crippen molar-refractivity contribution in [2.75, 3.05) is 17.7 Å². The van der Waals surface area contributed by atoms with E-state index in [2.05, 4.69) is 5.32 Å². The van der Waals surface area contributed by atoms with Gasteiger partial charge in [0.25, 0.3) is 0 Å². The highest BCUT2D eigenvalue weighted by Gasteiger charge is 2.37. The third-order valence-corrected chi connectivity index (χ3v) is 2.91. The van der Waals surface area contributed by atoms with E-state index in [4.69, 9.17) is 11.6 Å². The van der Waals surface area contributed by atoms with Crippen molar-refractivity contribution < 1.29 is 35.9 Å². The van der Waals surface area contributed by atoms with Crippen LogP contribution in [0.2, 0.25) is 0 Å². The first kappa shape index (κ1) is 20.1. The predicted octanol–water partition coefficient (Wildman–Crippen LogP) is 3.41. The molecule has 0 aliphatic heterocycles. The van der Waals surface area contributed by atoms with Gasteiger partial charge < -0.3 is 10.6 Å². The number of hydrogen-bond acceptors (Lipinski definition) is 2. The second-order valence-corrected chi connectivity index (χ2v) is 4.93. The molecule has 24 heavy (non-hydrogen) atoms. The van der Waals surface area contributed by atoms with Crippen LogP contribution in [0.25, 0.3) is 0 Å². The van der Waals surface area contributed by atoms with Crippen LogP contribution in [0.1, 0.15) is 17.5 Å². The van der Waals surface area contributed by atoms with E-state index in [0.717, 1.165) is 0 Å². The first-order valence-corrected chi connectivity index (χ1v) is 6.93. The second-order valence-electron chi connectivity index (χ2n) is 4.55. The summed E-state index contributed by atoms with van der Waals surface area (Å²) in [5.74, 6) is -2.40. The molecule has 0 heterocycles. The van der Waals surface area contributed by atoms with E-state index in [0.29, 0.717) is 18.6 Å². The number of alkyl halides is 7. The smallest absolute Gasteiger partial charge is 0.348 e. The monoisotopic (exact) mass is 376 g/mol. The lowest BCUT2D eigenvalue weighted by molar-refractivity contribution is -0.143. The Hall–Kier alpha value is -1.97. The van der Waals surface area contributed by atoms with Gasteiger partial charge in [0, 0.05) is 18.1 Å². The molecule has 4 nitrogen and oxygen atoms in total. The van der Waals surface area contributed by atoms with Gasteiger partial charge >= 0.3 is 24.2 Å². The molecule has 1 aromatic carbocycles. The molecular weight excluding hydrogens is 366 g/mol. The third kappa shape index (κ3) is 5.91. The molecule has 2 N–H and O–H groups in total. The number of rotatable bonds is 4. The summed E-state index contributed by atoms with van der Waals surface area (Å²) < 4.78 is 76.0. The van der Waals surface area contributed by atoms with Crippen LogP contribution in [0.15, 0.2) is 18.2 Å². The molecule has 0 atom stereocenters. The maximum atomic E-state index is 12.7. The van der Waals surface area contributed by atoms with Crippen LogP contribution < -0.4 is 10.6 Å². The molecule has 2 amide bonds. The van der Waals surface area contributed by atoms with E-state index in [1.165, 1.54) is 0 Å². The van der Waals surface area contributed by atoms with Crippen LogP contribution in [-0.4, -0.2) is 24.2 Å². The van der Waals surface area contributed by atoms with Gasteiger partial charge in [-0.3, -0.25) is 9.59 Å². The maximum Gasteiger partial charge on any atom is 0.416 e. The lowest BCUT2D eigenvalue weighted by atomic mass is 10.1. The molecule has 134 valence electrons. The van der Waals surface area contributed by atoms with Gasteiger partial charge in [0.2, 0.25) is 0 Å². The lowest BCUT2D eigenvalue weighted by Gasteiger charge is -2.14. The minimum absolute atomic E-state index is 0.0339. The predicted molar refractivity (Wildman–Crippen MR) is 73.4 cm³/mol. The molecule has 0 aliphatic carbocycles. The number of carbonyl (C=O) groups is 2. The lowest BCUT2D eigenvalue weighted by Crippen LogP contribution is -2.36. The van der Waals surface area contributed by atoms with E-state index in [-0.39, 0.29) is 18.5 Å². The third-order valence-electron chi connectivity index (χ3n) is 2.65. The zero-order valence-corrected chi connectivity index (χ0v) is 12.6. The Balaban J connectivity index is 3.02. The Kier molecular flexibility index (Phi) is 6.47. The largest absolute Gasteiger partial charge is 0.416 e. The van der Waals surface area contributed by atoms with Crippen molar-refractivity contribution in [3.63, 3.8) is 0 Å². The summed E-state index contributed by atoms with van der Waals surface area (Å²) in [5, 5.41) is 3.82. The Morgan fingerprint density at radius 2 is 1.42 bits per heavy atom. The molecule has 11 heteroatoms. The van der Waals surface area contributed by atoms with Gasteiger partial charge in [0.1, 0.15) is 0 Å².